The molecule has 1 amide bonds. The third kappa shape index (κ3) is 4.95. The number of anilines is 2. The second-order valence-corrected chi connectivity index (χ2v) is 6.71. The number of para-hydroxylation sites is 2. The van der Waals surface area contributed by atoms with Gasteiger partial charge in [0.15, 0.2) is 6.04 Å². The van der Waals surface area contributed by atoms with E-state index in [0.717, 1.165) is 36.8 Å². The molecule has 0 aliphatic carbocycles. The number of piperazine rings is 1. The highest BCUT2D eigenvalue weighted by molar-refractivity contribution is 5.94. The van der Waals surface area contributed by atoms with Crippen LogP contribution in [0.5, 0.6) is 5.75 Å². The normalized spacial score (nSPS) is 16.1. The van der Waals surface area contributed by atoms with Crippen LogP contribution in [0.15, 0.2) is 48.5 Å². The van der Waals surface area contributed by atoms with Crippen molar-refractivity contribution in [3.8, 4) is 5.75 Å². The van der Waals surface area contributed by atoms with Crippen LogP contribution >= 0.6 is 0 Å². The van der Waals surface area contributed by atoms with Crippen molar-refractivity contribution >= 4 is 17.3 Å². The van der Waals surface area contributed by atoms with Gasteiger partial charge in [-0.15, -0.1) is 0 Å². The number of halogens is 3. The molecule has 28 heavy (non-hydrogen) atoms. The number of nitrogens with one attached hydrogen (secondary N) is 2. The molecule has 0 unspecified atom stereocenters. The summed E-state index contributed by atoms with van der Waals surface area (Å²) in [6.07, 6.45) is 0. The summed E-state index contributed by atoms with van der Waals surface area (Å²) in [5.74, 6) is -0.584. The number of rotatable bonds is 6. The first-order valence-electron chi connectivity index (χ1n) is 9.14. The Bertz CT molecular complexity index is 794. The summed E-state index contributed by atoms with van der Waals surface area (Å²) in [5, 5.41) is 2.69. The average molecular weight is 394 g/mol. The Labute approximate surface area is 161 Å². The first-order chi connectivity index (χ1) is 13.4. The molecule has 1 saturated heterocycles. The molecule has 1 aliphatic rings. The molecule has 2 aromatic rings. The van der Waals surface area contributed by atoms with Crippen LogP contribution in [-0.2, 0) is 4.79 Å². The molecular weight excluding hydrogens is 371 g/mol. The highest BCUT2D eigenvalue weighted by Crippen LogP contribution is 2.25. The smallest absolute Gasteiger partial charge is 0.387 e. The fraction of sp³-hybridized carbons (Fsp3) is 0.350. The lowest BCUT2D eigenvalue weighted by Crippen LogP contribution is -3.19. The van der Waals surface area contributed by atoms with E-state index in [0.29, 0.717) is 0 Å². The van der Waals surface area contributed by atoms with E-state index in [2.05, 4.69) is 15.0 Å². The molecule has 8 heteroatoms. The zero-order valence-electron chi connectivity index (χ0n) is 15.5. The van der Waals surface area contributed by atoms with Gasteiger partial charge in [0.2, 0.25) is 0 Å². The van der Waals surface area contributed by atoms with E-state index >= 15 is 0 Å². The van der Waals surface area contributed by atoms with Crippen LogP contribution in [-0.4, -0.2) is 44.7 Å². The van der Waals surface area contributed by atoms with Gasteiger partial charge in [0.05, 0.1) is 31.9 Å². The second kappa shape index (κ2) is 8.97. The lowest BCUT2D eigenvalue weighted by atomic mass is 10.2. The fourth-order valence-corrected chi connectivity index (χ4v) is 3.33. The number of carbonyl (C=O) groups excluding carboxylic acids is 1. The standard InChI is InChI=1S/C20H22F3N3O2/c1-14(19(27)24-17-4-2-3-5-18(17)28-20(22)23)25-10-12-26(13-11-25)16-8-6-15(21)7-9-16/h2-9,14,20H,10-13H2,1H3,(H,24,27)/p+1/t14-/m0/s1. The van der Waals surface area contributed by atoms with Crippen molar-refractivity contribution < 1.29 is 27.6 Å². The van der Waals surface area contributed by atoms with Crippen molar-refractivity contribution in [2.75, 3.05) is 36.4 Å². The summed E-state index contributed by atoms with van der Waals surface area (Å²) in [6, 6.07) is 12.1. The van der Waals surface area contributed by atoms with Crippen molar-refractivity contribution in [1.82, 2.24) is 0 Å². The third-order valence-corrected chi connectivity index (χ3v) is 4.96. The number of amides is 1. The molecule has 0 radical (unpaired) electrons. The van der Waals surface area contributed by atoms with Crippen LogP contribution in [0.1, 0.15) is 6.92 Å². The van der Waals surface area contributed by atoms with Crippen LogP contribution < -0.4 is 19.9 Å². The Hall–Kier alpha value is -2.74. The number of alkyl halides is 2. The number of hydrogen-bond donors (Lipinski definition) is 2. The third-order valence-electron chi connectivity index (χ3n) is 4.96. The number of carbonyl (C=O) groups is 1. The molecule has 3 rings (SSSR count). The maximum atomic E-state index is 13.1. The SMILES string of the molecule is C[C@@H](C(=O)Nc1ccccc1OC(F)F)[NH+]1CCN(c2ccc(F)cc2)CC1. The minimum Gasteiger partial charge on any atom is -0.433 e. The highest BCUT2D eigenvalue weighted by atomic mass is 19.3. The molecule has 0 aromatic heterocycles. The monoisotopic (exact) mass is 394 g/mol. The Kier molecular flexibility index (Phi) is 6.41. The second-order valence-electron chi connectivity index (χ2n) is 6.71. The largest absolute Gasteiger partial charge is 0.433 e. The molecule has 0 saturated carbocycles. The van der Waals surface area contributed by atoms with E-state index < -0.39 is 6.61 Å². The number of ether oxygens (including phenoxy) is 1. The summed E-state index contributed by atoms with van der Waals surface area (Å²) in [5.41, 5.74) is 1.18. The molecule has 2 aromatic carbocycles. The lowest BCUT2D eigenvalue weighted by Gasteiger charge is -2.36. The van der Waals surface area contributed by atoms with Gasteiger partial charge in [0, 0.05) is 5.69 Å². The van der Waals surface area contributed by atoms with E-state index in [1.165, 1.54) is 24.3 Å². The van der Waals surface area contributed by atoms with E-state index in [1.807, 2.05) is 6.92 Å². The number of nitrogens with zero attached hydrogens (tertiary/aromatic N) is 1. The van der Waals surface area contributed by atoms with Crippen LogP contribution in [0.25, 0.3) is 0 Å². The Morgan fingerprint density at radius 2 is 1.75 bits per heavy atom. The Balaban J connectivity index is 1.57. The zero-order valence-corrected chi connectivity index (χ0v) is 15.5. The van der Waals surface area contributed by atoms with Gasteiger partial charge >= 0.3 is 6.61 Å². The van der Waals surface area contributed by atoms with Crippen LogP contribution in [0, 0.1) is 5.82 Å². The molecule has 0 bridgehead atoms. The summed E-state index contributed by atoms with van der Waals surface area (Å²) >= 11 is 0. The minimum absolute atomic E-state index is 0.0609. The van der Waals surface area contributed by atoms with Crippen LogP contribution in [0.3, 0.4) is 0 Å². The van der Waals surface area contributed by atoms with Gasteiger partial charge in [-0.1, -0.05) is 12.1 Å². The van der Waals surface area contributed by atoms with Crippen molar-refractivity contribution in [3.05, 3.63) is 54.3 Å². The summed E-state index contributed by atoms with van der Waals surface area (Å²) < 4.78 is 42.6. The number of quaternary nitrogens is 1. The molecule has 1 fully saturated rings. The molecule has 0 spiro atoms. The lowest BCUT2D eigenvalue weighted by molar-refractivity contribution is -0.914. The predicted octanol–water partition coefficient (Wildman–Crippen LogP) is 2.16. The molecule has 150 valence electrons. The molecule has 2 N–H and O–H groups in total. The van der Waals surface area contributed by atoms with Gasteiger partial charge in [-0.05, 0) is 43.3 Å². The molecular formula is C20H23F3N3O2+. The summed E-state index contributed by atoms with van der Waals surface area (Å²) in [7, 11) is 0. The average Bonchev–Trinajstić information content (AvgIpc) is 2.69. The minimum atomic E-state index is -2.96. The van der Waals surface area contributed by atoms with Gasteiger partial charge in [-0.2, -0.15) is 8.78 Å². The Morgan fingerprint density at radius 3 is 2.39 bits per heavy atom. The van der Waals surface area contributed by atoms with Crippen molar-refractivity contribution in [2.24, 2.45) is 0 Å². The quantitative estimate of drug-likeness (QED) is 0.790. The van der Waals surface area contributed by atoms with E-state index in [4.69, 9.17) is 0 Å². The maximum Gasteiger partial charge on any atom is 0.387 e. The fourth-order valence-electron chi connectivity index (χ4n) is 3.33. The Morgan fingerprint density at radius 1 is 1.11 bits per heavy atom. The molecule has 1 heterocycles. The van der Waals surface area contributed by atoms with Gasteiger partial charge in [0.25, 0.3) is 5.91 Å². The molecule has 1 atom stereocenters. The predicted molar refractivity (Wildman–Crippen MR) is 100 cm³/mol. The maximum absolute atomic E-state index is 13.1. The van der Waals surface area contributed by atoms with Gasteiger partial charge < -0.3 is 19.9 Å². The zero-order chi connectivity index (χ0) is 20.1. The van der Waals surface area contributed by atoms with Crippen LogP contribution in [0.4, 0.5) is 24.5 Å². The van der Waals surface area contributed by atoms with E-state index in [-0.39, 0.29) is 29.2 Å². The van der Waals surface area contributed by atoms with E-state index in [9.17, 15) is 18.0 Å². The van der Waals surface area contributed by atoms with Gasteiger partial charge in [-0.25, -0.2) is 4.39 Å². The van der Waals surface area contributed by atoms with E-state index in [1.54, 1.807) is 24.3 Å². The number of benzene rings is 2. The van der Waals surface area contributed by atoms with Gasteiger partial charge in [-0.3, -0.25) is 4.79 Å². The number of hydrogen-bond acceptors (Lipinski definition) is 3. The van der Waals surface area contributed by atoms with Crippen molar-refractivity contribution in [3.63, 3.8) is 0 Å². The van der Waals surface area contributed by atoms with Crippen molar-refractivity contribution in [1.29, 1.82) is 0 Å². The van der Waals surface area contributed by atoms with Crippen molar-refractivity contribution in [2.45, 2.75) is 19.6 Å². The highest BCUT2D eigenvalue weighted by Gasteiger charge is 2.29. The van der Waals surface area contributed by atoms with Crippen LogP contribution in [0.2, 0.25) is 0 Å². The first-order valence-corrected chi connectivity index (χ1v) is 9.14. The first kappa shape index (κ1) is 20.0. The van der Waals surface area contributed by atoms with Gasteiger partial charge in [0.1, 0.15) is 11.6 Å². The topological polar surface area (TPSA) is 46.0 Å². The molecule has 5 nitrogen and oxygen atoms in total. The summed E-state index contributed by atoms with van der Waals surface area (Å²) in [6.45, 7) is 1.81. The summed E-state index contributed by atoms with van der Waals surface area (Å²) in [4.78, 5) is 15.9. The molecule has 1 aliphatic heterocycles.